The van der Waals surface area contributed by atoms with Gasteiger partial charge in [0.2, 0.25) is 0 Å². The van der Waals surface area contributed by atoms with Gasteiger partial charge in [-0.1, -0.05) is 42.3 Å². The highest BCUT2D eigenvalue weighted by Crippen LogP contribution is 2.26. The molecular formula is C15H14Cl2N2O2. The number of carbonyl (C=O) groups is 1. The Morgan fingerprint density at radius 3 is 2.86 bits per heavy atom. The highest BCUT2D eigenvalue weighted by molar-refractivity contribution is 6.35. The number of hydrogen-bond acceptors (Lipinski definition) is 3. The van der Waals surface area contributed by atoms with E-state index in [0.717, 1.165) is 6.42 Å². The van der Waals surface area contributed by atoms with Gasteiger partial charge in [-0.05, 0) is 24.6 Å². The second-order valence-corrected chi connectivity index (χ2v) is 5.08. The fraction of sp³-hybridized carbons (Fsp3) is 0.200. The maximum absolute atomic E-state index is 12.3. The van der Waals surface area contributed by atoms with Crippen LogP contribution in [0.4, 0.5) is 5.69 Å². The van der Waals surface area contributed by atoms with Crippen molar-refractivity contribution in [2.24, 2.45) is 0 Å². The van der Waals surface area contributed by atoms with Gasteiger partial charge in [-0.3, -0.25) is 4.79 Å². The lowest BCUT2D eigenvalue weighted by Crippen LogP contribution is -2.14. The Bertz CT molecular complexity index is 647. The Labute approximate surface area is 133 Å². The van der Waals surface area contributed by atoms with Gasteiger partial charge in [0.05, 0.1) is 22.9 Å². The van der Waals surface area contributed by atoms with Crippen LogP contribution < -0.4 is 10.1 Å². The molecule has 110 valence electrons. The molecule has 0 fully saturated rings. The summed E-state index contributed by atoms with van der Waals surface area (Å²) >= 11 is 11.8. The van der Waals surface area contributed by atoms with Crippen molar-refractivity contribution < 1.29 is 9.53 Å². The fourth-order valence-electron chi connectivity index (χ4n) is 1.68. The van der Waals surface area contributed by atoms with Gasteiger partial charge in [-0.25, -0.2) is 4.98 Å². The van der Waals surface area contributed by atoms with Crippen molar-refractivity contribution in [3.8, 4) is 5.75 Å². The van der Waals surface area contributed by atoms with Gasteiger partial charge in [-0.2, -0.15) is 0 Å². The van der Waals surface area contributed by atoms with Crippen LogP contribution in [-0.2, 0) is 0 Å². The minimum absolute atomic E-state index is 0.208. The molecule has 0 spiro atoms. The van der Waals surface area contributed by atoms with Gasteiger partial charge in [0.25, 0.3) is 5.91 Å². The first-order chi connectivity index (χ1) is 10.1. The van der Waals surface area contributed by atoms with E-state index < -0.39 is 0 Å². The Kier molecular flexibility index (Phi) is 5.42. The SMILES string of the molecule is CCCOc1ccccc1NC(=O)c1cc(Cl)ncc1Cl. The molecule has 2 aromatic rings. The topological polar surface area (TPSA) is 51.2 Å². The number of halogens is 2. The lowest BCUT2D eigenvalue weighted by atomic mass is 10.2. The molecule has 1 heterocycles. The largest absolute Gasteiger partial charge is 0.491 e. The number of carbonyl (C=O) groups excluding carboxylic acids is 1. The van der Waals surface area contributed by atoms with E-state index in [0.29, 0.717) is 18.0 Å². The van der Waals surface area contributed by atoms with E-state index in [1.807, 2.05) is 19.1 Å². The molecule has 2 rings (SSSR count). The summed E-state index contributed by atoms with van der Waals surface area (Å²) < 4.78 is 5.59. The van der Waals surface area contributed by atoms with Crippen molar-refractivity contribution in [1.82, 2.24) is 4.98 Å². The van der Waals surface area contributed by atoms with Crippen molar-refractivity contribution in [3.63, 3.8) is 0 Å². The highest BCUT2D eigenvalue weighted by atomic mass is 35.5. The Balaban J connectivity index is 2.21. The maximum atomic E-state index is 12.3. The summed E-state index contributed by atoms with van der Waals surface area (Å²) in [5.74, 6) is 0.251. The third kappa shape index (κ3) is 4.09. The first-order valence-corrected chi connectivity index (χ1v) is 7.21. The third-order valence-electron chi connectivity index (χ3n) is 2.66. The molecule has 0 atom stereocenters. The van der Waals surface area contributed by atoms with Crippen LogP contribution in [0.5, 0.6) is 5.75 Å². The van der Waals surface area contributed by atoms with Gasteiger partial charge >= 0.3 is 0 Å². The van der Waals surface area contributed by atoms with Crippen LogP contribution in [0.2, 0.25) is 10.2 Å². The zero-order chi connectivity index (χ0) is 15.2. The summed E-state index contributed by atoms with van der Waals surface area (Å²) in [5.41, 5.74) is 0.849. The van der Waals surface area contributed by atoms with E-state index in [9.17, 15) is 4.79 Å². The minimum atomic E-state index is -0.364. The molecule has 1 aromatic carbocycles. The van der Waals surface area contributed by atoms with Crippen molar-refractivity contribution in [2.75, 3.05) is 11.9 Å². The summed E-state index contributed by atoms with van der Waals surface area (Å²) in [6.45, 7) is 2.59. The lowest BCUT2D eigenvalue weighted by Gasteiger charge is -2.12. The summed E-state index contributed by atoms with van der Waals surface area (Å²) in [7, 11) is 0. The maximum Gasteiger partial charge on any atom is 0.257 e. The molecular weight excluding hydrogens is 311 g/mol. The predicted molar refractivity (Wildman–Crippen MR) is 84.4 cm³/mol. The number of nitrogens with one attached hydrogen (secondary N) is 1. The van der Waals surface area contributed by atoms with Gasteiger partial charge < -0.3 is 10.1 Å². The first-order valence-electron chi connectivity index (χ1n) is 6.46. The van der Waals surface area contributed by atoms with Crippen LogP contribution in [0, 0.1) is 0 Å². The molecule has 0 saturated heterocycles. The van der Waals surface area contributed by atoms with Crippen molar-refractivity contribution in [2.45, 2.75) is 13.3 Å². The minimum Gasteiger partial charge on any atom is -0.491 e. The second kappa shape index (κ2) is 7.29. The molecule has 0 saturated carbocycles. The quantitative estimate of drug-likeness (QED) is 0.828. The molecule has 21 heavy (non-hydrogen) atoms. The first kappa shape index (κ1) is 15.6. The number of para-hydroxylation sites is 2. The van der Waals surface area contributed by atoms with E-state index in [-0.39, 0.29) is 21.6 Å². The average Bonchev–Trinajstić information content (AvgIpc) is 2.48. The van der Waals surface area contributed by atoms with Crippen molar-refractivity contribution >= 4 is 34.8 Å². The molecule has 0 aliphatic heterocycles. The number of rotatable bonds is 5. The zero-order valence-electron chi connectivity index (χ0n) is 11.4. The Morgan fingerprint density at radius 1 is 1.33 bits per heavy atom. The van der Waals surface area contributed by atoms with Gasteiger partial charge in [-0.15, -0.1) is 0 Å². The monoisotopic (exact) mass is 324 g/mol. The Morgan fingerprint density at radius 2 is 2.10 bits per heavy atom. The highest BCUT2D eigenvalue weighted by Gasteiger charge is 2.14. The molecule has 0 radical (unpaired) electrons. The normalized spacial score (nSPS) is 10.2. The molecule has 0 aliphatic carbocycles. The van der Waals surface area contributed by atoms with Crippen LogP contribution in [-0.4, -0.2) is 17.5 Å². The number of nitrogens with zero attached hydrogens (tertiary/aromatic N) is 1. The molecule has 0 aliphatic rings. The molecule has 0 bridgehead atoms. The number of hydrogen-bond donors (Lipinski definition) is 1. The van der Waals surface area contributed by atoms with E-state index >= 15 is 0 Å². The van der Waals surface area contributed by atoms with Gasteiger partial charge in [0.15, 0.2) is 0 Å². The van der Waals surface area contributed by atoms with Gasteiger partial charge in [0.1, 0.15) is 10.9 Å². The number of benzene rings is 1. The summed E-state index contributed by atoms with van der Waals surface area (Å²) in [4.78, 5) is 16.1. The second-order valence-electron chi connectivity index (χ2n) is 4.29. The number of pyridine rings is 1. The van der Waals surface area contributed by atoms with E-state index in [2.05, 4.69) is 10.3 Å². The molecule has 6 heteroatoms. The molecule has 0 unspecified atom stereocenters. The zero-order valence-corrected chi connectivity index (χ0v) is 12.9. The lowest BCUT2D eigenvalue weighted by molar-refractivity contribution is 0.102. The smallest absolute Gasteiger partial charge is 0.257 e. The summed E-state index contributed by atoms with van der Waals surface area (Å²) in [6.07, 6.45) is 2.23. The molecule has 4 nitrogen and oxygen atoms in total. The fourth-order valence-corrected chi connectivity index (χ4v) is 2.03. The number of anilines is 1. The molecule has 1 aromatic heterocycles. The molecule has 1 amide bonds. The standard InChI is InChI=1S/C15H14Cl2N2O2/c1-2-7-21-13-6-4-3-5-12(13)19-15(20)10-8-14(17)18-9-11(10)16/h3-6,8-9H,2,7H2,1H3,(H,19,20). The van der Waals surface area contributed by atoms with Crippen molar-refractivity contribution in [1.29, 1.82) is 0 Å². The van der Waals surface area contributed by atoms with E-state index in [1.54, 1.807) is 12.1 Å². The summed E-state index contributed by atoms with van der Waals surface area (Å²) in [6, 6.07) is 8.65. The number of ether oxygens (including phenoxy) is 1. The van der Waals surface area contributed by atoms with E-state index in [1.165, 1.54) is 12.3 Å². The molecule has 1 N–H and O–H groups in total. The number of amides is 1. The number of aromatic nitrogens is 1. The van der Waals surface area contributed by atoms with Crippen molar-refractivity contribution in [3.05, 3.63) is 52.3 Å². The Hall–Kier alpha value is -1.78. The average molecular weight is 325 g/mol. The van der Waals surface area contributed by atoms with Crippen LogP contribution in [0.3, 0.4) is 0 Å². The van der Waals surface area contributed by atoms with E-state index in [4.69, 9.17) is 27.9 Å². The van der Waals surface area contributed by atoms with Crippen LogP contribution in [0.25, 0.3) is 0 Å². The van der Waals surface area contributed by atoms with Crippen LogP contribution in [0.15, 0.2) is 36.5 Å². The van der Waals surface area contributed by atoms with Crippen LogP contribution >= 0.6 is 23.2 Å². The van der Waals surface area contributed by atoms with Gasteiger partial charge in [0, 0.05) is 6.20 Å². The third-order valence-corrected chi connectivity index (χ3v) is 3.17. The predicted octanol–water partition coefficient (Wildman–Crippen LogP) is 4.43. The van der Waals surface area contributed by atoms with Crippen LogP contribution in [0.1, 0.15) is 23.7 Å². The summed E-state index contributed by atoms with van der Waals surface area (Å²) in [5, 5.41) is 3.22.